The number of piperidine rings is 1. The molecular weight excluding hydrogens is 406 g/mol. The molecule has 10 heteroatoms. The minimum absolute atomic E-state index is 0.0584. The van der Waals surface area contributed by atoms with Crippen LogP contribution in [-0.4, -0.2) is 51.4 Å². The zero-order chi connectivity index (χ0) is 22.0. The Kier molecular flexibility index (Phi) is 9.08. The predicted molar refractivity (Wildman–Crippen MR) is 113 cm³/mol. The van der Waals surface area contributed by atoms with Gasteiger partial charge in [0.15, 0.2) is 0 Å². The number of benzene rings is 1. The Morgan fingerprint density at radius 1 is 1.20 bits per heavy atom. The third-order valence-electron chi connectivity index (χ3n) is 4.97. The molecule has 0 saturated carbocycles. The Labute approximate surface area is 177 Å². The van der Waals surface area contributed by atoms with Crippen molar-refractivity contribution in [3.8, 4) is 6.07 Å². The number of likely N-dealkylation sites (tertiary alicyclic amines) is 1. The lowest BCUT2D eigenvalue weighted by Crippen LogP contribution is -2.39. The number of nitriles is 1. The number of sulfonamides is 1. The number of carbonyl (C=O) groups excluding carboxylic acids is 2. The van der Waals surface area contributed by atoms with Crippen molar-refractivity contribution in [2.45, 2.75) is 43.9 Å². The summed E-state index contributed by atoms with van der Waals surface area (Å²) < 4.78 is 26.5. The van der Waals surface area contributed by atoms with Crippen molar-refractivity contribution < 1.29 is 18.0 Å². The van der Waals surface area contributed by atoms with E-state index < -0.39 is 16.1 Å². The normalized spacial score (nSPS) is 15.2. The van der Waals surface area contributed by atoms with E-state index in [9.17, 15) is 18.0 Å². The summed E-state index contributed by atoms with van der Waals surface area (Å²) in [4.78, 5) is 26.3. The second-order valence-electron chi connectivity index (χ2n) is 7.25. The molecule has 0 radical (unpaired) electrons. The van der Waals surface area contributed by atoms with E-state index in [2.05, 4.69) is 21.6 Å². The van der Waals surface area contributed by atoms with Crippen LogP contribution in [0, 0.1) is 17.2 Å². The van der Waals surface area contributed by atoms with Crippen LogP contribution in [-0.2, 0) is 14.8 Å². The van der Waals surface area contributed by atoms with Gasteiger partial charge in [0.25, 0.3) is 10.0 Å². The Bertz CT molecular complexity index is 856. The van der Waals surface area contributed by atoms with Crippen molar-refractivity contribution in [1.29, 1.82) is 5.26 Å². The molecule has 0 spiro atoms. The quantitative estimate of drug-likeness (QED) is 0.509. The van der Waals surface area contributed by atoms with E-state index in [1.807, 2.05) is 11.6 Å². The van der Waals surface area contributed by atoms with E-state index in [-0.39, 0.29) is 16.7 Å². The van der Waals surface area contributed by atoms with E-state index >= 15 is 0 Å². The first-order valence-electron chi connectivity index (χ1n) is 10.2. The minimum atomic E-state index is -3.98. The average molecular weight is 436 g/mol. The lowest BCUT2D eigenvalue weighted by Gasteiger charge is -2.30. The summed E-state index contributed by atoms with van der Waals surface area (Å²) in [6, 6.07) is 7.07. The van der Waals surface area contributed by atoms with Gasteiger partial charge in [-0.2, -0.15) is 5.26 Å². The predicted octanol–water partition coefficient (Wildman–Crippen LogP) is 2.04. The first kappa shape index (κ1) is 23.6. The highest BCUT2D eigenvalue weighted by Gasteiger charge is 2.25. The Balaban J connectivity index is 1.86. The first-order valence-corrected chi connectivity index (χ1v) is 11.6. The molecule has 0 aliphatic carbocycles. The van der Waals surface area contributed by atoms with Gasteiger partial charge in [0.05, 0.1) is 11.0 Å². The van der Waals surface area contributed by atoms with Crippen molar-refractivity contribution in [3.63, 3.8) is 0 Å². The molecule has 0 bridgehead atoms. The van der Waals surface area contributed by atoms with Gasteiger partial charge in [0.1, 0.15) is 0 Å². The molecule has 1 fully saturated rings. The summed E-state index contributed by atoms with van der Waals surface area (Å²) in [7, 11) is -3.98. The minimum Gasteiger partial charge on any atom is -0.337 e. The van der Waals surface area contributed by atoms with Crippen molar-refractivity contribution in [1.82, 2.24) is 14.9 Å². The van der Waals surface area contributed by atoms with Crippen molar-refractivity contribution in [3.05, 3.63) is 24.3 Å². The fourth-order valence-electron chi connectivity index (χ4n) is 3.18. The highest BCUT2D eigenvalue weighted by molar-refractivity contribution is 7.90. The number of rotatable bonds is 9. The molecular formula is C20H29N5O4S. The number of urea groups is 1. The molecule has 0 atom stereocenters. The van der Waals surface area contributed by atoms with Crippen LogP contribution in [0.3, 0.4) is 0 Å². The van der Waals surface area contributed by atoms with Crippen LogP contribution in [0.25, 0.3) is 0 Å². The number of hydrogen-bond acceptors (Lipinski definition) is 6. The third kappa shape index (κ3) is 7.31. The summed E-state index contributed by atoms with van der Waals surface area (Å²) in [5.74, 6) is -0.209. The fraction of sp³-hybridized carbons (Fsp3) is 0.550. The van der Waals surface area contributed by atoms with Gasteiger partial charge in [-0.05, 0) is 56.6 Å². The molecule has 0 aromatic heterocycles. The summed E-state index contributed by atoms with van der Waals surface area (Å²) in [5.41, 5.74) is 0.498. The Morgan fingerprint density at radius 2 is 1.87 bits per heavy atom. The summed E-state index contributed by atoms with van der Waals surface area (Å²) in [6.45, 7) is 4.66. The zero-order valence-electron chi connectivity index (χ0n) is 17.2. The molecule has 1 aliphatic heterocycles. The molecule has 1 heterocycles. The van der Waals surface area contributed by atoms with E-state index in [4.69, 9.17) is 5.26 Å². The molecule has 1 aromatic rings. The van der Waals surface area contributed by atoms with Gasteiger partial charge in [-0.25, -0.2) is 17.9 Å². The number of unbranched alkanes of at least 4 members (excludes halogenated alkanes) is 1. The van der Waals surface area contributed by atoms with Gasteiger partial charge in [-0.3, -0.25) is 4.79 Å². The van der Waals surface area contributed by atoms with Gasteiger partial charge < -0.3 is 15.5 Å². The van der Waals surface area contributed by atoms with Crippen LogP contribution in [0.1, 0.15) is 39.0 Å². The number of carbonyl (C=O) groups is 2. The molecule has 0 unspecified atom stereocenters. The van der Waals surface area contributed by atoms with Crippen LogP contribution in [0.15, 0.2) is 29.2 Å². The SMILES string of the molecule is CCCCNC(=O)NS(=O)(=O)c1ccc(NC(=O)C2CCN(CCC#N)CC2)cc1. The lowest BCUT2D eigenvalue weighted by molar-refractivity contribution is -0.121. The monoisotopic (exact) mass is 435 g/mol. The van der Waals surface area contributed by atoms with Gasteiger partial charge >= 0.3 is 6.03 Å². The van der Waals surface area contributed by atoms with Gasteiger partial charge in [-0.15, -0.1) is 0 Å². The molecule has 9 nitrogen and oxygen atoms in total. The van der Waals surface area contributed by atoms with Crippen LogP contribution >= 0.6 is 0 Å². The zero-order valence-corrected chi connectivity index (χ0v) is 18.0. The molecule has 30 heavy (non-hydrogen) atoms. The third-order valence-corrected chi connectivity index (χ3v) is 6.32. The molecule has 1 aromatic carbocycles. The number of hydrogen-bond donors (Lipinski definition) is 3. The van der Waals surface area contributed by atoms with E-state index in [0.717, 1.165) is 45.3 Å². The van der Waals surface area contributed by atoms with Crippen molar-refractivity contribution in [2.75, 3.05) is 31.5 Å². The van der Waals surface area contributed by atoms with Crippen LogP contribution < -0.4 is 15.4 Å². The molecule has 1 aliphatic rings. The van der Waals surface area contributed by atoms with E-state index in [0.29, 0.717) is 18.7 Å². The maximum Gasteiger partial charge on any atom is 0.328 e. The number of nitrogens with zero attached hydrogens (tertiary/aromatic N) is 2. The fourth-order valence-corrected chi connectivity index (χ4v) is 4.11. The number of nitrogens with one attached hydrogen (secondary N) is 3. The highest BCUT2D eigenvalue weighted by Crippen LogP contribution is 2.20. The standard InChI is InChI=1S/C20H29N5O4S/c1-2-3-12-22-20(27)24-30(28,29)18-7-5-17(6-8-18)23-19(26)16-9-14-25(15-10-16)13-4-11-21/h5-8,16H,2-4,9-10,12-15H2,1H3,(H,23,26)(H2,22,24,27). The van der Waals surface area contributed by atoms with Crippen LogP contribution in [0.2, 0.25) is 0 Å². The molecule has 1 saturated heterocycles. The molecule has 164 valence electrons. The number of anilines is 1. The maximum absolute atomic E-state index is 12.5. The smallest absolute Gasteiger partial charge is 0.328 e. The van der Waals surface area contributed by atoms with Gasteiger partial charge in [-0.1, -0.05) is 13.3 Å². The second kappa shape index (κ2) is 11.5. The highest BCUT2D eigenvalue weighted by atomic mass is 32.2. The average Bonchev–Trinajstić information content (AvgIpc) is 2.73. The van der Waals surface area contributed by atoms with Gasteiger partial charge in [0, 0.05) is 31.1 Å². The van der Waals surface area contributed by atoms with Crippen molar-refractivity contribution in [2.24, 2.45) is 5.92 Å². The lowest BCUT2D eigenvalue weighted by atomic mass is 9.95. The van der Waals surface area contributed by atoms with Crippen molar-refractivity contribution >= 4 is 27.6 Å². The largest absolute Gasteiger partial charge is 0.337 e. The van der Waals surface area contributed by atoms with Crippen LogP contribution in [0.5, 0.6) is 0 Å². The Morgan fingerprint density at radius 3 is 2.47 bits per heavy atom. The molecule has 3 N–H and O–H groups in total. The summed E-state index contributed by atoms with van der Waals surface area (Å²) >= 11 is 0. The first-order chi connectivity index (χ1) is 14.4. The Hall–Kier alpha value is -2.64. The topological polar surface area (TPSA) is 131 Å². The second-order valence-corrected chi connectivity index (χ2v) is 8.94. The summed E-state index contributed by atoms with van der Waals surface area (Å²) in [6.07, 6.45) is 3.59. The molecule has 2 rings (SSSR count). The van der Waals surface area contributed by atoms with Crippen LogP contribution in [0.4, 0.5) is 10.5 Å². The van der Waals surface area contributed by atoms with Gasteiger partial charge in [0.2, 0.25) is 5.91 Å². The van der Waals surface area contributed by atoms with E-state index in [1.54, 1.807) is 0 Å². The van der Waals surface area contributed by atoms with E-state index in [1.165, 1.54) is 24.3 Å². The number of amides is 3. The maximum atomic E-state index is 12.5. The molecule has 3 amide bonds. The summed E-state index contributed by atoms with van der Waals surface area (Å²) in [5, 5.41) is 14.0.